The van der Waals surface area contributed by atoms with Gasteiger partial charge in [-0.25, -0.2) is 4.79 Å². The summed E-state index contributed by atoms with van der Waals surface area (Å²) in [5.74, 6) is -1.33. The molecule has 1 N–H and O–H groups in total. The first-order valence-corrected chi connectivity index (χ1v) is 5.58. The summed E-state index contributed by atoms with van der Waals surface area (Å²) in [4.78, 5) is 24.7. The summed E-state index contributed by atoms with van der Waals surface area (Å²) >= 11 is 0. The van der Waals surface area contributed by atoms with E-state index in [0.717, 1.165) is 6.42 Å². The first kappa shape index (κ1) is 13.2. The average Bonchev–Trinajstić information content (AvgIpc) is 2.35. The quantitative estimate of drug-likeness (QED) is 0.870. The first-order chi connectivity index (χ1) is 7.99. The Hall–Kier alpha value is -1.84. The molecule has 92 valence electrons. The highest BCUT2D eigenvalue weighted by atomic mass is 16.4. The van der Waals surface area contributed by atoms with Crippen LogP contribution < -0.4 is 0 Å². The number of amides is 1. The Morgan fingerprint density at radius 1 is 1.29 bits per heavy atom. The zero-order chi connectivity index (χ0) is 13.0. The van der Waals surface area contributed by atoms with Crippen molar-refractivity contribution in [3.63, 3.8) is 0 Å². The number of carboxylic acid groups (broad SMARTS) is 1. The molecule has 1 rings (SSSR count). The molecule has 1 amide bonds. The predicted octanol–water partition coefficient (Wildman–Crippen LogP) is 2.26. The number of aromatic carboxylic acids is 1. The van der Waals surface area contributed by atoms with Crippen molar-refractivity contribution in [2.24, 2.45) is 0 Å². The second-order valence-corrected chi connectivity index (χ2v) is 4.02. The van der Waals surface area contributed by atoms with Crippen LogP contribution in [0.5, 0.6) is 0 Å². The Balaban J connectivity index is 3.08. The maximum Gasteiger partial charge on any atom is 0.336 e. The fraction of sp³-hybridized carbons (Fsp3) is 0.385. The van der Waals surface area contributed by atoms with E-state index >= 15 is 0 Å². The molecule has 0 spiro atoms. The average molecular weight is 235 g/mol. The lowest BCUT2D eigenvalue weighted by atomic mass is 10.1. The summed E-state index contributed by atoms with van der Waals surface area (Å²) < 4.78 is 0. The topological polar surface area (TPSA) is 57.6 Å². The van der Waals surface area contributed by atoms with Crippen LogP contribution in [-0.2, 0) is 0 Å². The zero-order valence-electron chi connectivity index (χ0n) is 10.3. The van der Waals surface area contributed by atoms with Crippen LogP contribution in [0.25, 0.3) is 0 Å². The van der Waals surface area contributed by atoms with E-state index in [1.165, 1.54) is 6.07 Å². The van der Waals surface area contributed by atoms with Crippen LogP contribution >= 0.6 is 0 Å². The summed E-state index contributed by atoms with van der Waals surface area (Å²) in [5.41, 5.74) is 0.287. The maximum atomic E-state index is 12.1. The van der Waals surface area contributed by atoms with E-state index in [1.807, 2.05) is 13.8 Å². The fourth-order valence-electron chi connectivity index (χ4n) is 1.52. The summed E-state index contributed by atoms with van der Waals surface area (Å²) in [7, 11) is 1.69. The molecule has 1 aromatic carbocycles. The lowest BCUT2D eigenvalue weighted by Gasteiger charge is -2.24. The molecule has 0 fully saturated rings. The molecule has 4 heteroatoms. The van der Waals surface area contributed by atoms with Crippen molar-refractivity contribution in [2.45, 2.75) is 26.3 Å². The van der Waals surface area contributed by atoms with Crippen molar-refractivity contribution in [1.82, 2.24) is 4.90 Å². The minimum atomic E-state index is -1.08. The van der Waals surface area contributed by atoms with Crippen molar-refractivity contribution >= 4 is 11.9 Å². The van der Waals surface area contributed by atoms with Gasteiger partial charge in [0.05, 0.1) is 11.1 Å². The third kappa shape index (κ3) is 2.84. The molecule has 0 aromatic heterocycles. The van der Waals surface area contributed by atoms with Gasteiger partial charge in [0.2, 0.25) is 0 Å². The number of carbonyl (C=O) groups excluding carboxylic acids is 1. The number of carboxylic acids is 1. The van der Waals surface area contributed by atoms with Crippen molar-refractivity contribution in [2.75, 3.05) is 7.05 Å². The molecular weight excluding hydrogens is 218 g/mol. The minimum absolute atomic E-state index is 0.0488. The molecule has 0 aliphatic rings. The van der Waals surface area contributed by atoms with Crippen LogP contribution in [0.4, 0.5) is 0 Å². The molecule has 1 aromatic rings. The largest absolute Gasteiger partial charge is 0.478 e. The van der Waals surface area contributed by atoms with Gasteiger partial charge in [-0.3, -0.25) is 4.79 Å². The zero-order valence-corrected chi connectivity index (χ0v) is 10.3. The Morgan fingerprint density at radius 3 is 2.29 bits per heavy atom. The number of hydrogen-bond acceptors (Lipinski definition) is 2. The van der Waals surface area contributed by atoms with E-state index in [4.69, 9.17) is 5.11 Å². The van der Waals surface area contributed by atoms with Crippen LogP contribution in [-0.4, -0.2) is 35.0 Å². The Labute approximate surface area is 101 Å². The molecule has 0 saturated carbocycles. The summed E-state index contributed by atoms with van der Waals surface area (Å²) in [6.07, 6.45) is 0.831. The van der Waals surface area contributed by atoms with Gasteiger partial charge in [0.1, 0.15) is 0 Å². The standard InChI is InChI=1S/C13H17NO3/c1-4-9(2)14(3)12(15)10-7-5-6-8-11(10)13(16)17/h5-9H,4H2,1-3H3,(H,16,17). The second-order valence-electron chi connectivity index (χ2n) is 4.02. The predicted molar refractivity (Wildman–Crippen MR) is 65.2 cm³/mol. The van der Waals surface area contributed by atoms with Crippen LogP contribution in [0.2, 0.25) is 0 Å². The third-order valence-electron chi connectivity index (χ3n) is 2.96. The van der Waals surface area contributed by atoms with E-state index in [1.54, 1.807) is 30.1 Å². The molecular formula is C13H17NO3. The van der Waals surface area contributed by atoms with E-state index < -0.39 is 5.97 Å². The van der Waals surface area contributed by atoms with Gasteiger partial charge in [0, 0.05) is 13.1 Å². The van der Waals surface area contributed by atoms with Gasteiger partial charge in [-0.1, -0.05) is 19.1 Å². The van der Waals surface area contributed by atoms with Gasteiger partial charge in [-0.05, 0) is 25.5 Å². The van der Waals surface area contributed by atoms with E-state index in [9.17, 15) is 9.59 Å². The third-order valence-corrected chi connectivity index (χ3v) is 2.96. The molecule has 0 radical (unpaired) electrons. The number of benzene rings is 1. The normalized spacial score (nSPS) is 11.9. The highest BCUT2D eigenvalue weighted by Crippen LogP contribution is 2.13. The molecule has 0 aliphatic heterocycles. The Morgan fingerprint density at radius 2 is 1.82 bits per heavy atom. The molecule has 0 aliphatic carbocycles. The lowest BCUT2D eigenvalue weighted by Crippen LogP contribution is -2.35. The van der Waals surface area contributed by atoms with E-state index in [0.29, 0.717) is 0 Å². The lowest BCUT2D eigenvalue weighted by molar-refractivity contribution is 0.0671. The molecule has 1 unspecified atom stereocenters. The number of rotatable bonds is 4. The smallest absolute Gasteiger partial charge is 0.336 e. The molecule has 0 heterocycles. The minimum Gasteiger partial charge on any atom is -0.478 e. The number of nitrogens with zero attached hydrogens (tertiary/aromatic N) is 1. The Bertz CT molecular complexity index is 428. The van der Waals surface area contributed by atoms with Crippen LogP contribution in [0.1, 0.15) is 41.0 Å². The van der Waals surface area contributed by atoms with Crippen molar-refractivity contribution in [3.8, 4) is 0 Å². The number of carbonyl (C=O) groups is 2. The van der Waals surface area contributed by atoms with E-state index in [-0.39, 0.29) is 23.1 Å². The van der Waals surface area contributed by atoms with Gasteiger partial charge >= 0.3 is 5.97 Å². The molecule has 1 atom stereocenters. The maximum absolute atomic E-state index is 12.1. The highest BCUT2D eigenvalue weighted by Gasteiger charge is 2.21. The van der Waals surface area contributed by atoms with Gasteiger partial charge in [0.25, 0.3) is 5.91 Å². The van der Waals surface area contributed by atoms with Crippen molar-refractivity contribution in [3.05, 3.63) is 35.4 Å². The molecule has 4 nitrogen and oxygen atoms in total. The highest BCUT2D eigenvalue weighted by molar-refractivity contribution is 6.04. The second kappa shape index (κ2) is 5.48. The van der Waals surface area contributed by atoms with Crippen molar-refractivity contribution in [1.29, 1.82) is 0 Å². The van der Waals surface area contributed by atoms with Crippen LogP contribution in [0, 0.1) is 0 Å². The van der Waals surface area contributed by atoms with Gasteiger partial charge in [-0.2, -0.15) is 0 Å². The number of hydrogen-bond donors (Lipinski definition) is 1. The monoisotopic (exact) mass is 235 g/mol. The first-order valence-electron chi connectivity index (χ1n) is 5.58. The Kier molecular flexibility index (Phi) is 4.26. The van der Waals surface area contributed by atoms with Crippen LogP contribution in [0.3, 0.4) is 0 Å². The summed E-state index contributed by atoms with van der Waals surface area (Å²) in [6, 6.07) is 6.36. The summed E-state index contributed by atoms with van der Waals surface area (Å²) in [5, 5.41) is 9.02. The molecule has 0 saturated heterocycles. The van der Waals surface area contributed by atoms with Gasteiger partial charge in [-0.15, -0.1) is 0 Å². The van der Waals surface area contributed by atoms with Gasteiger partial charge in [0.15, 0.2) is 0 Å². The van der Waals surface area contributed by atoms with Crippen molar-refractivity contribution < 1.29 is 14.7 Å². The van der Waals surface area contributed by atoms with Crippen LogP contribution in [0.15, 0.2) is 24.3 Å². The van der Waals surface area contributed by atoms with Gasteiger partial charge < -0.3 is 10.0 Å². The van der Waals surface area contributed by atoms with E-state index in [2.05, 4.69) is 0 Å². The molecule has 0 bridgehead atoms. The molecule has 17 heavy (non-hydrogen) atoms. The SMILES string of the molecule is CCC(C)N(C)C(=O)c1ccccc1C(=O)O. The fourth-order valence-corrected chi connectivity index (χ4v) is 1.52. The summed E-state index contributed by atoms with van der Waals surface area (Å²) in [6.45, 7) is 3.92.